The molecule has 8 heteroatoms. The Bertz CT molecular complexity index is 706. The zero-order valence-electron chi connectivity index (χ0n) is 15.2. The monoisotopic (exact) mass is 476 g/mol. The van der Waals surface area contributed by atoms with Gasteiger partial charge < -0.3 is 19.7 Å². The first-order chi connectivity index (χ1) is 11.6. The summed E-state index contributed by atoms with van der Waals surface area (Å²) in [6, 6.07) is 5.84. The normalized spacial score (nSPS) is 10.8. The van der Waals surface area contributed by atoms with E-state index >= 15 is 0 Å². The Labute approximate surface area is 170 Å². The molecule has 0 amide bonds. The molecular formula is C17H25IN4O2S. The van der Waals surface area contributed by atoms with Crippen LogP contribution in [-0.2, 0) is 13.1 Å². The van der Waals surface area contributed by atoms with E-state index in [0.29, 0.717) is 13.1 Å². The van der Waals surface area contributed by atoms with E-state index in [-0.39, 0.29) is 24.0 Å². The van der Waals surface area contributed by atoms with Gasteiger partial charge >= 0.3 is 0 Å². The van der Waals surface area contributed by atoms with Crippen molar-refractivity contribution in [1.82, 2.24) is 15.2 Å². The Balaban J connectivity index is 0.00000312. The standard InChI is InChI=1S/C17H24N4O2S.HI/c1-12-20-14(11-24-12)10-21(3)17(18-2)19-9-13-7-6-8-15(22-4)16(13)23-5;/h6-8,11H,9-10H2,1-5H3,(H,18,19);1H. The fourth-order valence-corrected chi connectivity index (χ4v) is 3.05. The minimum Gasteiger partial charge on any atom is -0.493 e. The zero-order chi connectivity index (χ0) is 17.5. The first kappa shape index (κ1) is 21.5. The summed E-state index contributed by atoms with van der Waals surface area (Å²) in [4.78, 5) is 10.9. The number of aryl methyl sites for hydroxylation is 1. The van der Waals surface area contributed by atoms with Gasteiger partial charge in [0.1, 0.15) is 0 Å². The lowest BCUT2D eigenvalue weighted by molar-refractivity contribution is 0.351. The molecule has 1 N–H and O–H groups in total. The molecule has 0 saturated heterocycles. The van der Waals surface area contributed by atoms with E-state index in [1.165, 1.54) is 0 Å². The van der Waals surface area contributed by atoms with Crippen LogP contribution >= 0.6 is 35.3 Å². The Morgan fingerprint density at radius 2 is 2.08 bits per heavy atom. The molecule has 1 aromatic carbocycles. The Morgan fingerprint density at radius 3 is 2.64 bits per heavy atom. The number of nitrogens with zero attached hydrogens (tertiary/aromatic N) is 3. The number of guanidine groups is 1. The molecule has 0 saturated carbocycles. The SMILES string of the molecule is CN=C(NCc1cccc(OC)c1OC)N(C)Cc1csc(C)n1.I. The highest BCUT2D eigenvalue weighted by Gasteiger charge is 2.12. The average Bonchev–Trinajstić information content (AvgIpc) is 2.99. The molecule has 2 aromatic rings. The minimum atomic E-state index is 0. The Morgan fingerprint density at radius 1 is 1.32 bits per heavy atom. The molecule has 0 spiro atoms. The molecule has 1 heterocycles. The number of aromatic nitrogens is 1. The van der Waals surface area contributed by atoms with Crippen LogP contribution in [0, 0.1) is 6.92 Å². The predicted octanol–water partition coefficient (Wildman–Crippen LogP) is 3.29. The number of benzene rings is 1. The second-order valence-electron chi connectivity index (χ2n) is 5.27. The maximum atomic E-state index is 5.47. The summed E-state index contributed by atoms with van der Waals surface area (Å²) in [5.74, 6) is 2.25. The third-order valence-corrected chi connectivity index (χ3v) is 4.38. The number of thiazole rings is 1. The molecule has 0 aliphatic rings. The van der Waals surface area contributed by atoms with E-state index in [0.717, 1.165) is 33.7 Å². The van der Waals surface area contributed by atoms with Crippen LogP contribution in [-0.4, -0.2) is 44.2 Å². The quantitative estimate of drug-likeness (QED) is 0.394. The number of ether oxygens (including phenoxy) is 2. The van der Waals surface area contributed by atoms with Gasteiger partial charge in [0.25, 0.3) is 0 Å². The van der Waals surface area contributed by atoms with Crippen LogP contribution < -0.4 is 14.8 Å². The number of aliphatic imine (C=N–C) groups is 1. The van der Waals surface area contributed by atoms with Crippen molar-refractivity contribution < 1.29 is 9.47 Å². The van der Waals surface area contributed by atoms with Crippen LogP contribution in [0.4, 0.5) is 0 Å². The summed E-state index contributed by atoms with van der Waals surface area (Å²) in [6.07, 6.45) is 0. The Hall–Kier alpha value is -1.55. The third kappa shape index (κ3) is 5.74. The molecule has 2 rings (SSSR count). The Kier molecular flexibility index (Phi) is 8.98. The van der Waals surface area contributed by atoms with Gasteiger partial charge in [0.05, 0.1) is 31.5 Å². The first-order valence-electron chi connectivity index (χ1n) is 7.61. The van der Waals surface area contributed by atoms with E-state index in [1.807, 2.05) is 37.1 Å². The molecule has 0 radical (unpaired) electrons. The van der Waals surface area contributed by atoms with E-state index in [4.69, 9.17) is 9.47 Å². The second kappa shape index (κ2) is 10.4. The lowest BCUT2D eigenvalue weighted by Crippen LogP contribution is -2.38. The number of methoxy groups -OCH3 is 2. The lowest BCUT2D eigenvalue weighted by Gasteiger charge is -2.22. The molecule has 0 aliphatic carbocycles. The van der Waals surface area contributed by atoms with Crippen molar-refractivity contribution >= 4 is 41.3 Å². The highest BCUT2D eigenvalue weighted by atomic mass is 127. The molecule has 25 heavy (non-hydrogen) atoms. The summed E-state index contributed by atoms with van der Waals surface area (Å²) >= 11 is 1.66. The molecule has 6 nitrogen and oxygen atoms in total. The fourth-order valence-electron chi connectivity index (χ4n) is 2.45. The van der Waals surface area contributed by atoms with Crippen molar-refractivity contribution in [3.63, 3.8) is 0 Å². The molecule has 138 valence electrons. The largest absolute Gasteiger partial charge is 0.493 e. The summed E-state index contributed by atoms with van der Waals surface area (Å²) < 4.78 is 10.8. The van der Waals surface area contributed by atoms with Crippen molar-refractivity contribution in [2.45, 2.75) is 20.0 Å². The van der Waals surface area contributed by atoms with Crippen molar-refractivity contribution in [1.29, 1.82) is 0 Å². The van der Waals surface area contributed by atoms with E-state index in [1.54, 1.807) is 32.6 Å². The number of halogens is 1. The van der Waals surface area contributed by atoms with E-state index < -0.39 is 0 Å². The van der Waals surface area contributed by atoms with Crippen LogP contribution in [0.2, 0.25) is 0 Å². The fraction of sp³-hybridized carbons (Fsp3) is 0.412. The van der Waals surface area contributed by atoms with Gasteiger partial charge in [-0.15, -0.1) is 35.3 Å². The second-order valence-corrected chi connectivity index (χ2v) is 6.33. The maximum Gasteiger partial charge on any atom is 0.194 e. The van der Waals surface area contributed by atoms with Crippen LogP contribution in [0.3, 0.4) is 0 Å². The van der Waals surface area contributed by atoms with E-state index in [2.05, 4.69) is 20.7 Å². The van der Waals surface area contributed by atoms with Gasteiger partial charge in [-0.2, -0.15) is 0 Å². The first-order valence-corrected chi connectivity index (χ1v) is 8.49. The molecule has 0 atom stereocenters. The molecule has 0 bridgehead atoms. The number of para-hydroxylation sites is 1. The summed E-state index contributed by atoms with van der Waals surface area (Å²) in [5, 5.41) is 6.50. The van der Waals surface area contributed by atoms with Crippen molar-refractivity contribution in [3.8, 4) is 11.5 Å². The number of rotatable bonds is 6. The van der Waals surface area contributed by atoms with Crippen LogP contribution in [0.5, 0.6) is 11.5 Å². The van der Waals surface area contributed by atoms with Crippen LogP contribution in [0.25, 0.3) is 0 Å². The average molecular weight is 476 g/mol. The van der Waals surface area contributed by atoms with Gasteiger partial charge in [-0.3, -0.25) is 4.99 Å². The molecular weight excluding hydrogens is 451 g/mol. The highest BCUT2D eigenvalue weighted by Crippen LogP contribution is 2.30. The zero-order valence-corrected chi connectivity index (χ0v) is 18.3. The topological polar surface area (TPSA) is 59.0 Å². The van der Waals surface area contributed by atoms with Gasteiger partial charge in [-0.25, -0.2) is 4.98 Å². The predicted molar refractivity (Wildman–Crippen MR) is 113 cm³/mol. The number of hydrogen-bond donors (Lipinski definition) is 1. The molecule has 0 aliphatic heterocycles. The molecule has 0 unspecified atom stereocenters. The van der Waals surface area contributed by atoms with Crippen molar-refractivity contribution in [3.05, 3.63) is 39.8 Å². The summed E-state index contributed by atoms with van der Waals surface area (Å²) in [6.45, 7) is 3.31. The van der Waals surface area contributed by atoms with Crippen molar-refractivity contribution in [2.75, 3.05) is 28.3 Å². The number of nitrogens with one attached hydrogen (secondary N) is 1. The van der Waals surface area contributed by atoms with Gasteiger partial charge in [-0.1, -0.05) is 12.1 Å². The summed E-state index contributed by atoms with van der Waals surface area (Å²) in [7, 11) is 7.05. The summed E-state index contributed by atoms with van der Waals surface area (Å²) in [5.41, 5.74) is 2.05. The third-order valence-electron chi connectivity index (χ3n) is 3.56. The molecule has 1 aromatic heterocycles. The van der Waals surface area contributed by atoms with Crippen LogP contribution in [0.1, 0.15) is 16.3 Å². The minimum absolute atomic E-state index is 0. The smallest absolute Gasteiger partial charge is 0.194 e. The lowest BCUT2D eigenvalue weighted by atomic mass is 10.2. The van der Waals surface area contributed by atoms with Crippen LogP contribution in [0.15, 0.2) is 28.6 Å². The van der Waals surface area contributed by atoms with Gasteiger partial charge in [0.2, 0.25) is 0 Å². The number of hydrogen-bond acceptors (Lipinski definition) is 5. The maximum absolute atomic E-state index is 5.47. The van der Waals surface area contributed by atoms with Gasteiger partial charge in [0, 0.05) is 31.6 Å². The van der Waals surface area contributed by atoms with E-state index in [9.17, 15) is 0 Å². The van der Waals surface area contributed by atoms with Crippen molar-refractivity contribution in [2.24, 2.45) is 4.99 Å². The molecule has 0 fully saturated rings. The van der Waals surface area contributed by atoms with Gasteiger partial charge in [0.15, 0.2) is 17.5 Å². The highest BCUT2D eigenvalue weighted by molar-refractivity contribution is 14.0. The van der Waals surface area contributed by atoms with Gasteiger partial charge in [-0.05, 0) is 13.0 Å².